The molecule has 0 aliphatic carbocycles. The van der Waals surface area contributed by atoms with Crippen LogP contribution in [-0.4, -0.2) is 14.7 Å². The lowest BCUT2D eigenvalue weighted by Crippen LogP contribution is -2.05. The van der Waals surface area contributed by atoms with Crippen molar-refractivity contribution in [1.29, 1.82) is 0 Å². The average molecular weight is 414 g/mol. The molecule has 6 heteroatoms. The molecule has 1 aromatic carbocycles. The average Bonchev–Trinajstić information content (AvgIpc) is 2.87. The first-order valence-corrected chi connectivity index (χ1v) is 7.78. The Morgan fingerprint density at radius 1 is 1.27 bits per heavy atom. The van der Waals surface area contributed by atoms with Gasteiger partial charge in [0.25, 0.3) is 0 Å². The zero-order valence-electron chi connectivity index (χ0n) is 11.8. The summed E-state index contributed by atoms with van der Waals surface area (Å²) in [4.78, 5) is 4.50. The minimum Gasteiger partial charge on any atom is -0.392 e. The van der Waals surface area contributed by atoms with Gasteiger partial charge >= 0.3 is 0 Å². The van der Waals surface area contributed by atoms with Crippen molar-refractivity contribution < 1.29 is 13.9 Å². The van der Waals surface area contributed by atoms with Crippen LogP contribution in [0.4, 0.5) is 8.78 Å². The molecule has 0 bridgehead atoms. The number of hydrogen-bond acceptors (Lipinski definition) is 2. The summed E-state index contributed by atoms with van der Waals surface area (Å²) >= 11 is 2.17. The Balaban J connectivity index is 2.11. The molecular formula is C16H13F2IN2O. The SMILES string of the molecule is Cc1nc2c(ccn2Cc2cccc(F)c2F)c(I)c1CO. The van der Waals surface area contributed by atoms with E-state index in [4.69, 9.17) is 0 Å². The minimum atomic E-state index is -0.852. The maximum absolute atomic E-state index is 13.8. The molecule has 0 spiro atoms. The highest BCUT2D eigenvalue weighted by atomic mass is 127. The Morgan fingerprint density at radius 3 is 2.77 bits per heavy atom. The van der Waals surface area contributed by atoms with Crippen LogP contribution in [0.2, 0.25) is 0 Å². The molecule has 2 aromatic heterocycles. The molecule has 0 saturated heterocycles. The second-order valence-electron chi connectivity index (χ2n) is 5.04. The summed E-state index contributed by atoms with van der Waals surface area (Å²) in [5.74, 6) is -1.68. The van der Waals surface area contributed by atoms with E-state index in [1.54, 1.807) is 16.8 Å². The highest BCUT2D eigenvalue weighted by Crippen LogP contribution is 2.27. The van der Waals surface area contributed by atoms with Gasteiger partial charge in [0.05, 0.1) is 13.2 Å². The number of aliphatic hydroxyl groups excluding tert-OH is 1. The van der Waals surface area contributed by atoms with Crippen molar-refractivity contribution in [3.63, 3.8) is 0 Å². The van der Waals surface area contributed by atoms with Gasteiger partial charge in [-0.2, -0.15) is 0 Å². The lowest BCUT2D eigenvalue weighted by atomic mass is 10.2. The zero-order valence-corrected chi connectivity index (χ0v) is 13.9. The number of pyridine rings is 1. The van der Waals surface area contributed by atoms with Gasteiger partial charge in [-0.25, -0.2) is 13.8 Å². The maximum Gasteiger partial charge on any atom is 0.163 e. The molecule has 22 heavy (non-hydrogen) atoms. The van der Waals surface area contributed by atoms with Gasteiger partial charge in [-0.1, -0.05) is 12.1 Å². The number of aliphatic hydroxyl groups is 1. The second-order valence-corrected chi connectivity index (χ2v) is 6.12. The number of hydrogen-bond donors (Lipinski definition) is 1. The van der Waals surface area contributed by atoms with Gasteiger partial charge in [0.2, 0.25) is 0 Å². The highest BCUT2D eigenvalue weighted by Gasteiger charge is 2.14. The molecule has 114 valence electrons. The van der Waals surface area contributed by atoms with Crippen molar-refractivity contribution in [2.75, 3.05) is 0 Å². The predicted octanol–water partition coefficient (Wildman–Crippen LogP) is 3.77. The summed E-state index contributed by atoms with van der Waals surface area (Å²) in [5, 5.41) is 10.3. The number of nitrogens with zero attached hydrogens (tertiary/aromatic N) is 2. The van der Waals surface area contributed by atoms with Crippen LogP contribution < -0.4 is 0 Å². The molecule has 0 aliphatic rings. The van der Waals surface area contributed by atoms with Crippen LogP contribution in [0.3, 0.4) is 0 Å². The van der Waals surface area contributed by atoms with Crippen molar-refractivity contribution in [3.8, 4) is 0 Å². The van der Waals surface area contributed by atoms with Crippen LogP contribution in [0.25, 0.3) is 11.0 Å². The Kier molecular flexibility index (Phi) is 4.14. The molecule has 0 radical (unpaired) electrons. The van der Waals surface area contributed by atoms with Crippen molar-refractivity contribution in [1.82, 2.24) is 9.55 Å². The largest absolute Gasteiger partial charge is 0.392 e. The molecule has 0 aliphatic heterocycles. The molecule has 3 aromatic rings. The number of fused-ring (bicyclic) bond motifs is 1. The van der Waals surface area contributed by atoms with Crippen LogP contribution in [0.5, 0.6) is 0 Å². The Bertz CT molecular complexity index is 861. The van der Waals surface area contributed by atoms with E-state index in [0.717, 1.165) is 26.3 Å². The molecule has 2 heterocycles. The molecule has 1 N–H and O–H groups in total. The van der Waals surface area contributed by atoms with Gasteiger partial charge in [-0.3, -0.25) is 0 Å². The number of aromatic nitrogens is 2. The van der Waals surface area contributed by atoms with Gasteiger partial charge in [-0.15, -0.1) is 0 Å². The van der Waals surface area contributed by atoms with Gasteiger partial charge in [0.15, 0.2) is 11.6 Å². The molecule has 0 saturated carbocycles. The fourth-order valence-corrected chi connectivity index (χ4v) is 3.46. The summed E-state index contributed by atoms with van der Waals surface area (Å²) < 4.78 is 29.9. The van der Waals surface area contributed by atoms with Crippen molar-refractivity contribution in [2.24, 2.45) is 0 Å². The van der Waals surface area contributed by atoms with Crippen LogP contribution in [0.1, 0.15) is 16.8 Å². The third-order valence-corrected chi connectivity index (χ3v) is 4.91. The third kappa shape index (κ3) is 2.50. The molecule has 0 unspecified atom stereocenters. The predicted molar refractivity (Wildman–Crippen MR) is 88.6 cm³/mol. The van der Waals surface area contributed by atoms with Crippen molar-refractivity contribution in [3.05, 3.63) is 62.5 Å². The summed E-state index contributed by atoms with van der Waals surface area (Å²) in [6.45, 7) is 1.96. The van der Waals surface area contributed by atoms with E-state index >= 15 is 0 Å². The fourth-order valence-electron chi connectivity index (χ4n) is 2.47. The normalized spacial score (nSPS) is 11.3. The topological polar surface area (TPSA) is 38.0 Å². The number of benzene rings is 1. The smallest absolute Gasteiger partial charge is 0.163 e. The quantitative estimate of drug-likeness (QED) is 0.663. The minimum absolute atomic E-state index is 0.0727. The van der Waals surface area contributed by atoms with Crippen LogP contribution in [0, 0.1) is 22.1 Å². The Morgan fingerprint density at radius 2 is 2.05 bits per heavy atom. The van der Waals surface area contributed by atoms with Crippen LogP contribution >= 0.6 is 22.6 Å². The lowest BCUT2D eigenvalue weighted by Gasteiger charge is -2.10. The summed E-state index contributed by atoms with van der Waals surface area (Å²) in [5.41, 5.74) is 2.50. The van der Waals surface area contributed by atoms with Crippen molar-refractivity contribution >= 4 is 33.6 Å². The zero-order chi connectivity index (χ0) is 15.9. The van der Waals surface area contributed by atoms with E-state index in [0.29, 0.717) is 5.65 Å². The monoisotopic (exact) mass is 414 g/mol. The van der Waals surface area contributed by atoms with Gasteiger partial charge < -0.3 is 9.67 Å². The number of rotatable bonds is 3. The van der Waals surface area contributed by atoms with Gasteiger partial charge in [-0.05, 0) is 41.6 Å². The van der Waals surface area contributed by atoms with E-state index in [2.05, 4.69) is 27.6 Å². The third-order valence-electron chi connectivity index (χ3n) is 3.68. The summed E-state index contributed by atoms with van der Waals surface area (Å²) in [6.07, 6.45) is 1.80. The molecule has 0 fully saturated rings. The standard InChI is InChI=1S/C16H13F2IN2O/c1-9-12(8-22)15(19)11-5-6-21(16(11)20-9)7-10-3-2-4-13(17)14(10)18/h2-6,22H,7-8H2,1H3. The molecule has 3 rings (SSSR count). The highest BCUT2D eigenvalue weighted by molar-refractivity contribution is 14.1. The first-order chi connectivity index (χ1) is 10.5. The molecule has 0 atom stereocenters. The van der Waals surface area contributed by atoms with Gasteiger partial charge in [0, 0.05) is 32.0 Å². The number of halogens is 3. The van der Waals surface area contributed by atoms with Crippen molar-refractivity contribution in [2.45, 2.75) is 20.1 Å². The van der Waals surface area contributed by atoms with E-state index < -0.39 is 11.6 Å². The Hall–Kier alpha value is -1.54. The van der Waals surface area contributed by atoms with E-state index in [9.17, 15) is 13.9 Å². The van der Waals surface area contributed by atoms with Crippen LogP contribution in [0.15, 0.2) is 30.5 Å². The van der Waals surface area contributed by atoms with E-state index in [1.807, 2.05) is 13.0 Å². The van der Waals surface area contributed by atoms with Gasteiger partial charge in [0.1, 0.15) is 5.65 Å². The first-order valence-electron chi connectivity index (χ1n) is 6.70. The molecule has 0 amide bonds. The Labute approximate surface area is 139 Å². The number of aryl methyl sites for hydroxylation is 1. The van der Waals surface area contributed by atoms with E-state index in [-0.39, 0.29) is 18.7 Å². The fraction of sp³-hybridized carbons (Fsp3) is 0.188. The second kappa shape index (κ2) is 5.92. The van der Waals surface area contributed by atoms with Crippen LogP contribution in [-0.2, 0) is 13.2 Å². The maximum atomic E-state index is 13.8. The first kappa shape index (κ1) is 15.4. The molecular weight excluding hydrogens is 401 g/mol. The van der Waals surface area contributed by atoms with E-state index in [1.165, 1.54) is 6.07 Å². The summed E-state index contributed by atoms with van der Waals surface area (Å²) in [6, 6.07) is 6.03. The lowest BCUT2D eigenvalue weighted by molar-refractivity contribution is 0.280. The summed E-state index contributed by atoms with van der Waals surface area (Å²) in [7, 11) is 0. The molecule has 3 nitrogen and oxygen atoms in total.